The molecule has 1 fully saturated rings. The maximum Gasteiger partial charge on any atom is 0.193 e. The van der Waals surface area contributed by atoms with Crippen LogP contribution in [0.2, 0.25) is 0 Å². The van der Waals surface area contributed by atoms with Crippen molar-refractivity contribution in [2.45, 2.75) is 45.1 Å². The molecule has 1 aromatic carbocycles. The van der Waals surface area contributed by atoms with Crippen LogP contribution in [0.1, 0.15) is 39.5 Å². The van der Waals surface area contributed by atoms with Gasteiger partial charge < -0.3 is 25.6 Å². The summed E-state index contributed by atoms with van der Waals surface area (Å²) in [6.07, 6.45) is 3.66. The van der Waals surface area contributed by atoms with Crippen molar-refractivity contribution >= 4 is 35.6 Å². The van der Waals surface area contributed by atoms with Crippen molar-refractivity contribution < 1.29 is 14.6 Å². The van der Waals surface area contributed by atoms with E-state index in [0.717, 1.165) is 31.4 Å². The zero-order chi connectivity index (χ0) is 16.7. The Morgan fingerprint density at radius 3 is 2.54 bits per heavy atom. The smallest absolute Gasteiger partial charge is 0.193 e. The van der Waals surface area contributed by atoms with Gasteiger partial charge >= 0.3 is 0 Å². The lowest BCUT2D eigenvalue weighted by molar-refractivity contribution is 0.0575. The van der Waals surface area contributed by atoms with E-state index in [-0.39, 0.29) is 29.9 Å². The zero-order valence-corrected chi connectivity index (χ0v) is 16.7. The Hall–Kier alpha value is -1.22. The highest BCUT2D eigenvalue weighted by Gasteiger charge is 2.30. The third kappa shape index (κ3) is 6.01. The highest BCUT2D eigenvalue weighted by Crippen LogP contribution is 2.31. The quantitative estimate of drug-likeness (QED) is 0.338. The molecule has 0 aromatic heterocycles. The Morgan fingerprint density at radius 2 is 1.92 bits per heavy atom. The number of rotatable bonds is 7. The van der Waals surface area contributed by atoms with E-state index in [2.05, 4.69) is 10.3 Å². The number of aliphatic imine (C=N–C) groups is 1. The first-order valence-corrected chi connectivity index (χ1v) is 8.25. The van der Waals surface area contributed by atoms with Gasteiger partial charge in [0.25, 0.3) is 0 Å². The van der Waals surface area contributed by atoms with Crippen molar-refractivity contribution in [2.24, 2.45) is 10.7 Å². The van der Waals surface area contributed by atoms with Crippen LogP contribution in [0.5, 0.6) is 11.5 Å². The molecule has 1 aromatic rings. The van der Waals surface area contributed by atoms with E-state index in [1.165, 1.54) is 0 Å². The fourth-order valence-corrected chi connectivity index (χ4v) is 2.75. The van der Waals surface area contributed by atoms with Gasteiger partial charge in [0.2, 0.25) is 0 Å². The molecule has 0 bridgehead atoms. The van der Waals surface area contributed by atoms with Crippen LogP contribution in [0.4, 0.5) is 5.69 Å². The van der Waals surface area contributed by atoms with Crippen molar-refractivity contribution in [1.29, 1.82) is 0 Å². The third-order valence-corrected chi connectivity index (χ3v) is 3.90. The summed E-state index contributed by atoms with van der Waals surface area (Å²) >= 11 is 0. The van der Waals surface area contributed by atoms with Gasteiger partial charge in [-0.05, 0) is 38.8 Å². The summed E-state index contributed by atoms with van der Waals surface area (Å²) < 4.78 is 11.1. The SMILES string of the molecule is CCOc1ccc(OCC)c(NC(N)=NCC2(O)CCCC2)c1.I. The van der Waals surface area contributed by atoms with Gasteiger partial charge in [0.05, 0.1) is 31.0 Å². The second-order valence-electron chi connectivity index (χ2n) is 5.78. The standard InChI is InChI=1S/C17H27N3O3.HI/c1-3-22-13-7-8-15(23-4-2)14(11-13)20-16(18)19-12-17(21)9-5-6-10-17;/h7-8,11,21H,3-6,9-10,12H2,1-2H3,(H3,18,19,20);1H. The highest BCUT2D eigenvalue weighted by molar-refractivity contribution is 14.0. The second-order valence-corrected chi connectivity index (χ2v) is 5.78. The van der Waals surface area contributed by atoms with E-state index in [1.54, 1.807) is 0 Å². The molecule has 1 aliphatic rings. The predicted octanol–water partition coefficient (Wildman–Crippen LogP) is 3.13. The number of guanidine groups is 1. The number of aliphatic hydroxyl groups is 1. The lowest BCUT2D eigenvalue weighted by atomic mass is 10.0. The Bertz CT molecular complexity index is 546. The van der Waals surface area contributed by atoms with Gasteiger partial charge in [0, 0.05) is 6.07 Å². The first-order chi connectivity index (χ1) is 11.1. The van der Waals surface area contributed by atoms with Crippen LogP contribution in [0, 0.1) is 0 Å². The number of halogens is 1. The van der Waals surface area contributed by atoms with E-state index in [0.29, 0.717) is 31.2 Å². The molecule has 24 heavy (non-hydrogen) atoms. The van der Waals surface area contributed by atoms with Gasteiger partial charge in [0.15, 0.2) is 5.96 Å². The third-order valence-electron chi connectivity index (χ3n) is 3.90. The largest absolute Gasteiger partial charge is 0.494 e. The van der Waals surface area contributed by atoms with E-state index in [1.807, 2.05) is 32.0 Å². The first kappa shape index (κ1) is 20.8. The lowest BCUT2D eigenvalue weighted by Crippen LogP contribution is -2.31. The molecule has 4 N–H and O–H groups in total. The minimum Gasteiger partial charge on any atom is -0.494 e. The van der Waals surface area contributed by atoms with Crippen LogP contribution in [0.3, 0.4) is 0 Å². The van der Waals surface area contributed by atoms with Gasteiger partial charge in [-0.25, -0.2) is 0 Å². The summed E-state index contributed by atoms with van der Waals surface area (Å²) in [6, 6.07) is 5.53. The van der Waals surface area contributed by atoms with Gasteiger partial charge in [0.1, 0.15) is 11.5 Å². The summed E-state index contributed by atoms with van der Waals surface area (Å²) in [5.41, 5.74) is 5.96. The van der Waals surface area contributed by atoms with E-state index >= 15 is 0 Å². The molecule has 0 unspecified atom stereocenters. The maximum absolute atomic E-state index is 10.3. The number of nitrogens with one attached hydrogen (secondary N) is 1. The van der Waals surface area contributed by atoms with E-state index in [4.69, 9.17) is 15.2 Å². The van der Waals surface area contributed by atoms with Gasteiger partial charge in [-0.15, -0.1) is 24.0 Å². The highest BCUT2D eigenvalue weighted by atomic mass is 127. The van der Waals surface area contributed by atoms with Crippen LogP contribution in [-0.2, 0) is 0 Å². The fraction of sp³-hybridized carbons (Fsp3) is 0.588. The predicted molar refractivity (Wildman–Crippen MR) is 108 cm³/mol. The monoisotopic (exact) mass is 449 g/mol. The average Bonchev–Trinajstić information content (AvgIpc) is 2.96. The molecule has 7 heteroatoms. The van der Waals surface area contributed by atoms with E-state index in [9.17, 15) is 5.11 Å². The first-order valence-electron chi connectivity index (χ1n) is 8.25. The average molecular weight is 449 g/mol. The number of nitrogens with two attached hydrogens (primary N) is 1. The topological polar surface area (TPSA) is 89.1 Å². The summed E-state index contributed by atoms with van der Waals surface area (Å²) in [4.78, 5) is 4.29. The molecule has 0 radical (unpaired) electrons. The Balaban J connectivity index is 0.00000288. The molecule has 2 rings (SSSR count). The Kier molecular flexibility index (Phi) is 8.61. The molecule has 1 saturated carbocycles. The molecule has 136 valence electrons. The second kappa shape index (κ2) is 9.93. The Labute approximate surface area is 160 Å². The number of ether oxygens (including phenoxy) is 2. The molecule has 6 nitrogen and oxygen atoms in total. The van der Waals surface area contributed by atoms with Crippen molar-refractivity contribution in [2.75, 3.05) is 25.1 Å². The van der Waals surface area contributed by atoms with E-state index < -0.39 is 5.60 Å². The van der Waals surface area contributed by atoms with Crippen LogP contribution < -0.4 is 20.5 Å². The van der Waals surface area contributed by atoms with Gasteiger partial charge in [-0.1, -0.05) is 12.8 Å². The molecular formula is C17H28IN3O3. The molecule has 0 heterocycles. The Morgan fingerprint density at radius 1 is 1.25 bits per heavy atom. The molecule has 1 aliphatic carbocycles. The molecule has 0 aliphatic heterocycles. The van der Waals surface area contributed by atoms with Crippen LogP contribution >= 0.6 is 24.0 Å². The summed E-state index contributed by atoms with van der Waals surface area (Å²) in [6.45, 7) is 5.32. The fourth-order valence-electron chi connectivity index (χ4n) is 2.75. The number of hydrogen-bond donors (Lipinski definition) is 3. The number of anilines is 1. The molecule has 0 spiro atoms. The van der Waals surface area contributed by atoms with Crippen molar-refractivity contribution in [3.63, 3.8) is 0 Å². The zero-order valence-electron chi connectivity index (χ0n) is 14.4. The van der Waals surface area contributed by atoms with Crippen molar-refractivity contribution in [3.8, 4) is 11.5 Å². The normalized spacial score (nSPS) is 16.4. The summed E-state index contributed by atoms with van der Waals surface area (Å²) in [5.74, 6) is 1.69. The molecule has 0 amide bonds. The minimum absolute atomic E-state index is 0. The maximum atomic E-state index is 10.3. The molecule has 0 saturated heterocycles. The van der Waals surface area contributed by atoms with Crippen molar-refractivity contribution in [3.05, 3.63) is 18.2 Å². The lowest BCUT2D eigenvalue weighted by Gasteiger charge is -2.20. The minimum atomic E-state index is -0.706. The summed E-state index contributed by atoms with van der Waals surface area (Å²) in [7, 11) is 0. The molecule has 0 atom stereocenters. The summed E-state index contributed by atoms with van der Waals surface area (Å²) in [5, 5.41) is 13.4. The van der Waals surface area contributed by atoms with Gasteiger partial charge in [-0.3, -0.25) is 4.99 Å². The number of benzene rings is 1. The number of hydrogen-bond acceptors (Lipinski definition) is 4. The van der Waals surface area contributed by atoms with Crippen molar-refractivity contribution in [1.82, 2.24) is 0 Å². The van der Waals surface area contributed by atoms with Crippen LogP contribution in [-0.4, -0.2) is 36.4 Å². The molecular weight excluding hydrogens is 421 g/mol. The number of nitrogens with zero attached hydrogens (tertiary/aromatic N) is 1. The van der Waals surface area contributed by atoms with Crippen LogP contribution in [0.25, 0.3) is 0 Å². The van der Waals surface area contributed by atoms with Gasteiger partial charge in [-0.2, -0.15) is 0 Å². The van der Waals surface area contributed by atoms with Crippen LogP contribution in [0.15, 0.2) is 23.2 Å².